The van der Waals surface area contributed by atoms with Gasteiger partial charge in [0.15, 0.2) is 0 Å². The molecule has 4 rings (SSSR count). The lowest BCUT2D eigenvalue weighted by molar-refractivity contribution is -0.117. The third-order valence-electron chi connectivity index (χ3n) is 4.80. The molecule has 0 saturated carbocycles. The molecule has 3 aromatic rings. The Morgan fingerprint density at radius 3 is 2.89 bits per heavy atom. The molecule has 1 aromatic heterocycles. The van der Waals surface area contributed by atoms with Crippen molar-refractivity contribution in [1.29, 1.82) is 0 Å². The Balaban J connectivity index is 1.57. The predicted molar refractivity (Wildman–Crippen MR) is 107 cm³/mol. The molecule has 0 aliphatic carbocycles. The first-order chi connectivity index (χ1) is 13.6. The highest BCUT2D eigenvalue weighted by atomic mass is 35.5. The van der Waals surface area contributed by atoms with Gasteiger partial charge in [0.2, 0.25) is 17.6 Å². The van der Waals surface area contributed by atoms with Crippen LogP contribution in [-0.4, -0.2) is 29.2 Å². The van der Waals surface area contributed by atoms with Gasteiger partial charge in [-0.05, 0) is 49.7 Å². The van der Waals surface area contributed by atoms with Crippen LogP contribution in [0.3, 0.4) is 0 Å². The number of amides is 1. The second-order valence-electron chi connectivity index (χ2n) is 6.72. The number of carbonyl (C=O) groups excluding carboxylic acids is 1. The lowest BCUT2D eigenvalue weighted by Crippen LogP contribution is -2.24. The molecule has 0 bridgehead atoms. The van der Waals surface area contributed by atoms with E-state index in [0.717, 1.165) is 16.8 Å². The summed E-state index contributed by atoms with van der Waals surface area (Å²) in [7, 11) is 0. The minimum atomic E-state index is -0.149. The lowest BCUT2D eigenvalue weighted by Gasteiger charge is -2.17. The minimum Gasteiger partial charge on any atom is -0.493 e. The summed E-state index contributed by atoms with van der Waals surface area (Å²) in [5.41, 5.74) is 2.53. The number of para-hydroxylation sites is 1. The Kier molecular flexibility index (Phi) is 5.05. The van der Waals surface area contributed by atoms with Crippen molar-refractivity contribution in [1.82, 2.24) is 10.1 Å². The summed E-state index contributed by atoms with van der Waals surface area (Å²) in [5, 5.41) is 4.79. The van der Waals surface area contributed by atoms with Crippen LogP contribution < -0.4 is 9.64 Å². The zero-order chi connectivity index (χ0) is 19.7. The minimum absolute atomic E-state index is 0.0289. The Morgan fingerprint density at radius 2 is 2.11 bits per heavy atom. The summed E-state index contributed by atoms with van der Waals surface area (Å²) in [6.45, 7) is 4.89. The number of hydrogen-bond donors (Lipinski definition) is 0. The Labute approximate surface area is 168 Å². The molecule has 144 valence electrons. The van der Waals surface area contributed by atoms with Crippen molar-refractivity contribution in [2.24, 2.45) is 0 Å². The highest BCUT2D eigenvalue weighted by molar-refractivity contribution is 6.31. The van der Waals surface area contributed by atoms with E-state index in [0.29, 0.717) is 42.1 Å². The summed E-state index contributed by atoms with van der Waals surface area (Å²) in [4.78, 5) is 18.8. The third kappa shape index (κ3) is 3.47. The average Bonchev–Trinajstić information content (AvgIpc) is 3.32. The van der Waals surface area contributed by atoms with Crippen molar-refractivity contribution in [3.63, 3.8) is 0 Å². The SMILES string of the molecule is CCOc1ccccc1-c1noc(C2CC(=O)N(c3ccc(Cl)c(C)c3)C2)n1. The topological polar surface area (TPSA) is 68.5 Å². The van der Waals surface area contributed by atoms with Crippen LogP contribution in [0, 0.1) is 6.92 Å². The van der Waals surface area contributed by atoms with Crippen molar-refractivity contribution in [3.05, 3.63) is 58.9 Å². The summed E-state index contributed by atoms with van der Waals surface area (Å²) in [6, 6.07) is 13.1. The van der Waals surface area contributed by atoms with Crippen molar-refractivity contribution in [2.45, 2.75) is 26.2 Å². The molecule has 1 aliphatic heterocycles. The van der Waals surface area contributed by atoms with E-state index >= 15 is 0 Å². The first kappa shape index (κ1) is 18.5. The molecule has 1 fully saturated rings. The van der Waals surface area contributed by atoms with Crippen LogP contribution in [0.25, 0.3) is 11.4 Å². The number of ether oxygens (including phenoxy) is 1. The van der Waals surface area contributed by atoms with Crippen LogP contribution in [0.4, 0.5) is 5.69 Å². The molecule has 0 spiro atoms. The Bertz CT molecular complexity index is 1020. The van der Waals surface area contributed by atoms with Crippen LogP contribution >= 0.6 is 11.6 Å². The number of nitrogens with zero attached hydrogens (tertiary/aromatic N) is 3. The standard InChI is InChI=1S/C21H20ClN3O3/c1-3-27-18-7-5-4-6-16(18)20-23-21(28-24-20)14-11-19(26)25(12-14)15-8-9-17(22)13(2)10-15/h4-10,14H,3,11-12H2,1-2H3. The lowest BCUT2D eigenvalue weighted by atomic mass is 10.1. The summed E-state index contributed by atoms with van der Waals surface area (Å²) < 4.78 is 11.1. The van der Waals surface area contributed by atoms with Gasteiger partial charge >= 0.3 is 0 Å². The molecular weight excluding hydrogens is 378 g/mol. The molecule has 28 heavy (non-hydrogen) atoms. The molecule has 0 N–H and O–H groups in total. The van der Waals surface area contributed by atoms with E-state index in [1.165, 1.54) is 0 Å². The van der Waals surface area contributed by atoms with Gasteiger partial charge in [-0.3, -0.25) is 4.79 Å². The fraction of sp³-hybridized carbons (Fsp3) is 0.286. The van der Waals surface area contributed by atoms with Gasteiger partial charge in [-0.1, -0.05) is 28.9 Å². The largest absolute Gasteiger partial charge is 0.493 e. The van der Waals surface area contributed by atoms with Crippen molar-refractivity contribution >= 4 is 23.2 Å². The van der Waals surface area contributed by atoms with Crippen LogP contribution in [-0.2, 0) is 4.79 Å². The summed E-state index contributed by atoms with van der Waals surface area (Å²) >= 11 is 6.10. The van der Waals surface area contributed by atoms with Crippen molar-refractivity contribution < 1.29 is 14.1 Å². The Morgan fingerprint density at radius 1 is 1.29 bits per heavy atom. The van der Waals surface area contributed by atoms with Crippen LogP contribution in [0.1, 0.15) is 30.7 Å². The van der Waals surface area contributed by atoms with Crippen molar-refractivity contribution in [3.8, 4) is 17.1 Å². The van der Waals surface area contributed by atoms with Gasteiger partial charge in [-0.2, -0.15) is 4.98 Å². The van der Waals surface area contributed by atoms with Gasteiger partial charge in [-0.25, -0.2) is 0 Å². The second-order valence-corrected chi connectivity index (χ2v) is 7.13. The maximum Gasteiger partial charge on any atom is 0.232 e. The number of anilines is 1. The van der Waals surface area contributed by atoms with E-state index in [4.69, 9.17) is 20.9 Å². The molecule has 0 radical (unpaired) electrons. The van der Waals surface area contributed by atoms with Gasteiger partial charge in [0.25, 0.3) is 0 Å². The average molecular weight is 398 g/mol. The first-order valence-electron chi connectivity index (χ1n) is 9.19. The number of aromatic nitrogens is 2. The van der Waals surface area contributed by atoms with E-state index in [2.05, 4.69) is 10.1 Å². The normalized spacial score (nSPS) is 16.6. The van der Waals surface area contributed by atoms with E-state index in [-0.39, 0.29) is 11.8 Å². The quantitative estimate of drug-likeness (QED) is 0.628. The van der Waals surface area contributed by atoms with Crippen LogP contribution in [0.15, 0.2) is 47.0 Å². The molecule has 1 amide bonds. The molecule has 1 unspecified atom stereocenters. The maximum absolute atomic E-state index is 12.6. The highest BCUT2D eigenvalue weighted by Crippen LogP contribution is 2.34. The number of aryl methyl sites for hydroxylation is 1. The Hall–Kier alpha value is -2.86. The maximum atomic E-state index is 12.6. The van der Waals surface area contributed by atoms with Gasteiger partial charge in [0, 0.05) is 23.7 Å². The number of carbonyl (C=O) groups is 1. The smallest absolute Gasteiger partial charge is 0.232 e. The second kappa shape index (κ2) is 7.64. The zero-order valence-corrected chi connectivity index (χ0v) is 16.4. The fourth-order valence-electron chi connectivity index (χ4n) is 3.36. The van der Waals surface area contributed by atoms with E-state index in [1.807, 2.05) is 56.3 Å². The number of benzene rings is 2. The molecular formula is C21H20ClN3O3. The van der Waals surface area contributed by atoms with Gasteiger partial charge in [0.1, 0.15) is 5.75 Å². The third-order valence-corrected chi connectivity index (χ3v) is 5.22. The molecule has 2 aromatic carbocycles. The van der Waals surface area contributed by atoms with Crippen LogP contribution in [0.2, 0.25) is 5.02 Å². The molecule has 2 heterocycles. The highest BCUT2D eigenvalue weighted by Gasteiger charge is 2.35. The zero-order valence-electron chi connectivity index (χ0n) is 15.7. The monoisotopic (exact) mass is 397 g/mol. The van der Waals surface area contributed by atoms with Crippen LogP contribution in [0.5, 0.6) is 5.75 Å². The number of hydrogen-bond acceptors (Lipinski definition) is 5. The van der Waals surface area contributed by atoms with Crippen molar-refractivity contribution in [2.75, 3.05) is 18.1 Å². The molecule has 7 heteroatoms. The van der Waals surface area contributed by atoms with Gasteiger partial charge in [0.05, 0.1) is 18.1 Å². The molecule has 1 saturated heterocycles. The van der Waals surface area contributed by atoms with Gasteiger partial charge < -0.3 is 14.2 Å². The number of rotatable bonds is 5. The molecule has 1 aliphatic rings. The molecule has 1 atom stereocenters. The predicted octanol–water partition coefficient (Wildman–Crippen LogP) is 4.62. The van der Waals surface area contributed by atoms with Gasteiger partial charge in [-0.15, -0.1) is 0 Å². The summed E-state index contributed by atoms with van der Waals surface area (Å²) in [6.07, 6.45) is 0.330. The van der Waals surface area contributed by atoms with E-state index in [1.54, 1.807) is 4.90 Å². The van der Waals surface area contributed by atoms with E-state index in [9.17, 15) is 4.79 Å². The van der Waals surface area contributed by atoms with E-state index < -0.39 is 0 Å². The molecule has 6 nitrogen and oxygen atoms in total. The number of halogens is 1. The fourth-order valence-corrected chi connectivity index (χ4v) is 3.48. The summed E-state index contributed by atoms with van der Waals surface area (Å²) in [5.74, 6) is 1.51. The first-order valence-corrected chi connectivity index (χ1v) is 9.57.